The Hall–Kier alpha value is -7.20. The number of fused-ring (bicyclic) bond motifs is 9. The fourth-order valence-corrected chi connectivity index (χ4v) is 8.69. The molecule has 0 spiro atoms. The largest absolute Gasteiger partial charge is 0.309 e. The Labute approximate surface area is 363 Å². The summed E-state index contributed by atoms with van der Waals surface area (Å²) in [6, 6.07) is 10.0. The van der Waals surface area contributed by atoms with Crippen LogP contribution in [0.15, 0.2) is 206 Å². The van der Waals surface area contributed by atoms with Crippen LogP contribution in [-0.4, -0.2) is 9.13 Å². The summed E-state index contributed by atoms with van der Waals surface area (Å²) >= 11 is 1.07. The molecule has 0 saturated carbocycles. The van der Waals surface area contributed by atoms with Crippen LogP contribution < -0.4 is 0 Å². The van der Waals surface area contributed by atoms with E-state index in [0.29, 0.717) is 15.1 Å². The van der Waals surface area contributed by atoms with Gasteiger partial charge in [0.05, 0.1) is 50.9 Å². The molecule has 0 amide bonds. The number of aromatic nitrogens is 2. The predicted molar refractivity (Wildman–Crippen MR) is 244 cm³/mol. The van der Waals surface area contributed by atoms with Gasteiger partial charge in [-0.3, -0.25) is 0 Å². The fraction of sp³-hybridized carbons (Fsp3) is 0. The number of para-hydroxylation sites is 2. The van der Waals surface area contributed by atoms with Crippen LogP contribution in [-0.2, 0) is 0 Å². The second-order valence-corrected chi connectivity index (χ2v) is 14.4. The van der Waals surface area contributed by atoms with Gasteiger partial charge in [-0.15, -0.1) is 11.3 Å². The highest BCUT2D eigenvalue weighted by atomic mass is 32.1. The van der Waals surface area contributed by atoms with Crippen molar-refractivity contribution in [3.8, 4) is 44.8 Å². The SMILES string of the molecule is [2H]c1cc(-c2c([2H])c([2H])cc3sc4cc(-n5c6c([2H])c([2H])c([2H])c([2H])c6c6c([2H])c(-c7c([2H])c([2H])c8c9c([2H])c([2H])c([2H])c([2H])c9n(-c9ccc(-c%10ccccc%10)cc9)c8c7[2H])c([2H])c([2H])c65)cc([2H])c4c23)c([2H])c([2H])c1[2H]. The number of rotatable bonds is 5. The normalized spacial score (nSPS) is 17.0. The summed E-state index contributed by atoms with van der Waals surface area (Å²) in [7, 11) is 0. The van der Waals surface area contributed by atoms with Gasteiger partial charge in [0.15, 0.2) is 0 Å². The van der Waals surface area contributed by atoms with Gasteiger partial charge in [-0.05, 0) is 93.9 Å². The van der Waals surface area contributed by atoms with Crippen molar-refractivity contribution < 1.29 is 28.8 Å². The van der Waals surface area contributed by atoms with E-state index in [1.165, 1.54) is 33.4 Å². The highest BCUT2D eigenvalue weighted by molar-refractivity contribution is 7.26. The maximum absolute atomic E-state index is 10.0. The third-order valence-electron chi connectivity index (χ3n) is 10.1. The van der Waals surface area contributed by atoms with Crippen LogP contribution in [0, 0.1) is 0 Å². The first-order valence-corrected chi connectivity index (χ1v) is 18.6. The van der Waals surface area contributed by atoms with Crippen molar-refractivity contribution >= 4 is 75.1 Å². The lowest BCUT2D eigenvalue weighted by molar-refractivity contribution is 1.18. The Morgan fingerprint density at radius 2 is 1.05 bits per heavy atom. The van der Waals surface area contributed by atoms with E-state index in [-0.39, 0.29) is 89.3 Å². The molecule has 0 saturated heterocycles. The van der Waals surface area contributed by atoms with Crippen LogP contribution in [0.4, 0.5) is 0 Å². The zero-order chi connectivity index (χ0) is 55.7. The molecule has 0 bridgehead atoms. The molecule has 0 fully saturated rings. The molecule has 266 valence electrons. The van der Waals surface area contributed by atoms with Gasteiger partial charge in [0, 0.05) is 53.1 Å². The van der Waals surface area contributed by atoms with Gasteiger partial charge in [-0.2, -0.15) is 0 Å². The zero-order valence-corrected chi connectivity index (χ0v) is 30.1. The minimum atomic E-state index is -0.747. The summed E-state index contributed by atoms with van der Waals surface area (Å²) in [5.74, 6) is 0. The minimum Gasteiger partial charge on any atom is -0.309 e. The van der Waals surface area contributed by atoms with E-state index in [4.69, 9.17) is 16.4 Å². The Kier molecular flexibility index (Phi) is 3.94. The molecule has 0 aliphatic rings. The molecule has 3 aromatic heterocycles. The topological polar surface area (TPSA) is 9.86 Å². The molecule has 0 unspecified atom stereocenters. The molecule has 57 heavy (non-hydrogen) atoms. The quantitative estimate of drug-likeness (QED) is 0.165. The van der Waals surface area contributed by atoms with Gasteiger partial charge in [0.1, 0.15) is 0 Å². The zero-order valence-electron chi connectivity index (χ0n) is 50.3. The second kappa shape index (κ2) is 12.7. The first kappa shape index (κ1) is 17.7. The van der Waals surface area contributed by atoms with Crippen molar-refractivity contribution in [2.45, 2.75) is 0 Å². The lowest BCUT2D eigenvalue weighted by Crippen LogP contribution is -1.94. The van der Waals surface area contributed by atoms with Crippen molar-refractivity contribution in [1.82, 2.24) is 9.13 Å². The summed E-state index contributed by atoms with van der Waals surface area (Å²) in [5, 5.41) is -0.435. The van der Waals surface area contributed by atoms with E-state index in [1.807, 2.05) is 30.3 Å². The number of thiophene rings is 1. The molecular formula is C54H34N2S. The molecule has 3 heteroatoms. The summed E-state index contributed by atoms with van der Waals surface area (Å²) in [4.78, 5) is 0. The van der Waals surface area contributed by atoms with Crippen molar-refractivity contribution in [1.29, 1.82) is 0 Å². The van der Waals surface area contributed by atoms with Crippen molar-refractivity contribution in [3.05, 3.63) is 206 Å². The van der Waals surface area contributed by atoms with E-state index in [2.05, 4.69) is 0 Å². The Morgan fingerprint density at radius 3 is 1.89 bits per heavy atom. The summed E-state index contributed by atoms with van der Waals surface area (Å²) < 4.78 is 194. The molecule has 2 nitrogen and oxygen atoms in total. The number of hydrogen-bond acceptors (Lipinski definition) is 1. The highest BCUT2D eigenvalue weighted by Gasteiger charge is 2.18. The summed E-state index contributed by atoms with van der Waals surface area (Å²) in [6.07, 6.45) is 0. The Morgan fingerprint density at radius 1 is 0.368 bits per heavy atom. The van der Waals surface area contributed by atoms with Crippen LogP contribution in [0.5, 0.6) is 0 Å². The third kappa shape index (κ3) is 5.03. The summed E-state index contributed by atoms with van der Waals surface area (Å²) in [5.41, 5.74) is 0.0888. The minimum absolute atomic E-state index is 0.0120. The third-order valence-corrected chi connectivity index (χ3v) is 11.2. The molecule has 0 atom stereocenters. The van der Waals surface area contributed by atoms with Gasteiger partial charge < -0.3 is 9.13 Å². The van der Waals surface area contributed by atoms with Crippen LogP contribution >= 0.6 is 11.3 Å². The van der Waals surface area contributed by atoms with E-state index in [1.54, 1.807) is 24.3 Å². The van der Waals surface area contributed by atoms with E-state index in [0.717, 1.165) is 22.5 Å². The van der Waals surface area contributed by atoms with Crippen molar-refractivity contribution in [2.75, 3.05) is 0 Å². The molecular weight excluding hydrogens is 709 g/mol. The first-order chi connectivity index (χ1) is 37.0. The van der Waals surface area contributed by atoms with Crippen LogP contribution in [0.25, 0.3) is 109 Å². The molecule has 12 rings (SSSR count). The summed E-state index contributed by atoms with van der Waals surface area (Å²) in [6.45, 7) is 0. The van der Waals surface area contributed by atoms with Crippen LogP contribution in [0.3, 0.4) is 0 Å². The van der Waals surface area contributed by atoms with E-state index >= 15 is 0 Å². The second-order valence-electron chi connectivity index (χ2n) is 13.3. The fourth-order valence-electron chi connectivity index (χ4n) is 7.59. The van der Waals surface area contributed by atoms with Gasteiger partial charge in [-0.1, -0.05) is 145 Å². The van der Waals surface area contributed by atoms with Crippen LogP contribution in [0.1, 0.15) is 28.8 Å². The average Bonchev–Trinajstić information content (AvgIpc) is 4.32. The molecule has 0 radical (unpaired) electrons. The van der Waals surface area contributed by atoms with Gasteiger partial charge in [0.25, 0.3) is 0 Å². The molecule has 3 heterocycles. The molecule has 12 aromatic rings. The standard InChI is InChI=1S/C54H34N2S/c1-3-12-35(13-4-1)36-22-26-40(27-23-36)55-48-19-9-7-16-43(48)45-29-24-39(33-51(45)55)38-25-31-50-47(32-38)44-17-8-10-20-49(44)56(50)41-28-30-46-53(34-41)57-52-21-11-18-42(54(46)52)37-14-5-2-6-15-37/h1-34H/i2D,5D,6D,7D,8D,9D,10D,11D,14D,16D,17D,18D,19D,20D,24D,25D,29D,30D,31D,32D,33D. The number of hydrogen-bond donors (Lipinski definition) is 0. The van der Waals surface area contributed by atoms with Crippen molar-refractivity contribution in [3.63, 3.8) is 0 Å². The van der Waals surface area contributed by atoms with E-state index in [9.17, 15) is 12.3 Å². The number of benzene rings is 9. The smallest absolute Gasteiger partial charge is 0.0652 e. The van der Waals surface area contributed by atoms with Gasteiger partial charge >= 0.3 is 0 Å². The Bertz CT molecular complexity index is 4740. The van der Waals surface area contributed by atoms with E-state index < -0.39 is 120 Å². The lowest BCUT2D eigenvalue weighted by atomic mass is 9.99. The maximum atomic E-state index is 10.0. The first-order valence-electron chi connectivity index (χ1n) is 28.3. The van der Waals surface area contributed by atoms with Gasteiger partial charge in [-0.25, -0.2) is 0 Å². The Balaban J connectivity index is 1.17. The molecule has 0 aliphatic heterocycles. The molecule has 0 aliphatic carbocycles. The lowest BCUT2D eigenvalue weighted by Gasteiger charge is -2.11. The van der Waals surface area contributed by atoms with Gasteiger partial charge in [0.2, 0.25) is 0 Å². The van der Waals surface area contributed by atoms with Crippen LogP contribution in [0.2, 0.25) is 0 Å². The van der Waals surface area contributed by atoms with Crippen molar-refractivity contribution in [2.24, 2.45) is 0 Å². The molecule has 9 aromatic carbocycles. The number of nitrogens with zero attached hydrogens (tertiary/aromatic N) is 2. The maximum Gasteiger partial charge on any atom is 0.0652 e. The molecule has 0 N–H and O–H groups in total. The monoisotopic (exact) mass is 763 g/mol. The highest BCUT2D eigenvalue weighted by Crippen LogP contribution is 2.43. The average molecular weight is 764 g/mol. The predicted octanol–water partition coefficient (Wildman–Crippen LogP) is 15.2.